The molecule has 1 aliphatic heterocycles. The van der Waals surface area contributed by atoms with Crippen molar-refractivity contribution in [2.24, 2.45) is 0 Å². The maximum Gasteiger partial charge on any atom is 0.122 e. The molecule has 0 aliphatic carbocycles. The van der Waals surface area contributed by atoms with Crippen molar-refractivity contribution in [3.63, 3.8) is 0 Å². The van der Waals surface area contributed by atoms with Gasteiger partial charge in [-0.3, -0.25) is 4.90 Å². The number of aryl methyl sites for hydroxylation is 1. The van der Waals surface area contributed by atoms with Gasteiger partial charge < -0.3 is 9.47 Å². The summed E-state index contributed by atoms with van der Waals surface area (Å²) in [4.78, 5) is 2.39. The molecule has 3 nitrogen and oxygen atoms in total. The molecule has 1 aliphatic rings. The monoisotopic (exact) mass is 277 g/mol. The fraction of sp³-hybridized carbons (Fsp3) is 0.647. The predicted molar refractivity (Wildman–Crippen MR) is 82.6 cm³/mol. The van der Waals surface area contributed by atoms with Crippen molar-refractivity contribution in [3.8, 4) is 5.75 Å². The normalized spacial score (nSPS) is 17.2. The molecular weight excluding hydrogens is 250 g/mol. The van der Waals surface area contributed by atoms with Crippen LogP contribution in [0.25, 0.3) is 0 Å². The van der Waals surface area contributed by atoms with Crippen molar-refractivity contribution in [2.75, 3.05) is 39.5 Å². The first kappa shape index (κ1) is 15.3. The van der Waals surface area contributed by atoms with Crippen LogP contribution in [0, 0.1) is 6.92 Å². The summed E-state index contributed by atoms with van der Waals surface area (Å²) in [6.45, 7) is 14.3. The van der Waals surface area contributed by atoms with Crippen LogP contribution in [0.3, 0.4) is 0 Å². The van der Waals surface area contributed by atoms with E-state index in [0.29, 0.717) is 0 Å². The average molecular weight is 277 g/mol. The second-order valence-electron chi connectivity index (χ2n) is 6.53. The molecule has 0 aromatic heterocycles. The minimum atomic E-state index is 0.192. The van der Waals surface area contributed by atoms with E-state index in [9.17, 15) is 0 Å². The Morgan fingerprint density at radius 1 is 1.20 bits per heavy atom. The van der Waals surface area contributed by atoms with Crippen LogP contribution in [0.15, 0.2) is 18.2 Å². The number of morpholine rings is 1. The molecule has 0 amide bonds. The minimum Gasteiger partial charge on any atom is -0.492 e. The highest BCUT2D eigenvalue weighted by atomic mass is 16.5. The van der Waals surface area contributed by atoms with Crippen molar-refractivity contribution in [3.05, 3.63) is 29.3 Å². The first-order valence-electron chi connectivity index (χ1n) is 7.51. The van der Waals surface area contributed by atoms with Crippen molar-refractivity contribution >= 4 is 0 Å². The number of nitrogens with zero attached hydrogens (tertiary/aromatic N) is 1. The van der Waals surface area contributed by atoms with Gasteiger partial charge in [-0.25, -0.2) is 0 Å². The highest BCUT2D eigenvalue weighted by Crippen LogP contribution is 2.27. The minimum absolute atomic E-state index is 0.192. The first-order valence-corrected chi connectivity index (χ1v) is 7.51. The largest absolute Gasteiger partial charge is 0.492 e. The molecule has 0 atom stereocenters. The molecule has 1 saturated heterocycles. The Kier molecular flexibility index (Phi) is 5.06. The lowest BCUT2D eigenvalue weighted by atomic mass is 9.86. The molecule has 0 N–H and O–H groups in total. The smallest absolute Gasteiger partial charge is 0.122 e. The number of hydrogen-bond acceptors (Lipinski definition) is 3. The molecule has 20 heavy (non-hydrogen) atoms. The molecule has 2 rings (SSSR count). The second kappa shape index (κ2) is 6.59. The fourth-order valence-electron chi connectivity index (χ4n) is 2.39. The highest BCUT2D eigenvalue weighted by molar-refractivity contribution is 5.38. The van der Waals surface area contributed by atoms with Crippen LogP contribution in [0.4, 0.5) is 0 Å². The molecule has 1 aromatic carbocycles. The van der Waals surface area contributed by atoms with E-state index in [1.54, 1.807) is 0 Å². The SMILES string of the molecule is Cc1cc(C(C)(C)C)ccc1OCCN1CCOCC1. The lowest BCUT2D eigenvalue weighted by Crippen LogP contribution is -2.38. The molecule has 1 fully saturated rings. The van der Waals surface area contributed by atoms with Crippen molar-refractivity contribution in [1.82, 2.24) is 4.90 Å². The van der Waals surface area contributed by atoms with Gasteiger partial charge in [0.15, 0.2) is 0 Å². The first-order chi connectivity index (χ1) is 9.47. The zero-order valence-corrected chi connectivity index (χ0v) is 13.2. The summed E-state index contributed by atoms with van der Waals surface area (Å²) in [6, 6.07) is 6.52. The topological polar surface area (TPSA) is 21.7 Å². The van der Waals surface area contributed by atoms with E-state index >= 15 is 0 Å². The van der Waals surface area contributed by atoms with Gasteiger partial charge in [0.1, 0.15) is 12.4 Å². The predicted octanol–water partition coefficient (Wildman–Crippen LogP) is 3.00. The summed E-state index contributed by atoms with van der Waals surface area (Å²) in [5.74, 6) is 1.01. The summed E-state index contributed by atoms with van der Waals surface area (Å²) in [7, 11) is 0. The van der Waals surface area contributed by atoms with Crippen LogP contribution >= 0.6 is 0 Å². The van der Waals surface area contributed by atoms with Gasteiger partial charge in [-0.05, 0) is 29.5 Å². The number of benzene rings is 1. The van der Waals surface area contributed by atoms with Gasteiger partial charge in [-0.1, -0.05) is 32.9 Å². The van der Waals surface area contributed by atoms with Crippen LogP contribution < -0.4 is 4.74 Å². The Morgan fingerprint density at radius 3 is 2.50 bits per heavy atom. The van der Waals surface area contributed by atoms with Crippen LogP contribution in [-0.4, -0.2) is 44.4 Å². The van der Waals surface area contributed by atoms with Crippen LogP contribution in [0.1, 0.15) is 31.9 Å². The summed E-state index contributed by atoms with van der Waals surface area (Å²) in [5.41, 5.74) is 2.77. The summed E-state index contributed by atoms with van der Waals surface area (Å²) in [5, 5.41) is 0. The van der Waals surface area contributed by atoms with Gasteiger partial charge in [-0.2, -0.15) is 0 Å². The van der Waals surface area contributed by atoms with E-state index in [1.807, 2.05) is 0 Å². The lowest BCUT2D eigenvalue weighted by Gasteiger charge is -2.26. The molecule has 0 saturated carbocycles. The van der Waals surface area contributed by atoms with Gasteiger partial charge in [0, 0.05) is 19.6 Å². The van der Waals surface area contributed by atoms with Crippen LogP contribution in [0.5, 0.6) is 5.75 Å². The third-order valence-corrected chi connectivity index (χ3v) is 3.81. The zero-order chi connectivity index (χ0) is 14.6. The lowest BCUT2D eigenvalue weighted by molar-refractivity contribution is 0.0322. The second-order valence-corrected chi connectivity index (χ2v) is 6.53. The van der Waals surface area contributed by atoms with Crippen molar-refractivity contribution < 1.29 is 9.47 Å². The molecule has 3 heteroatoms. The summed E-state index contributed by atoms with van der Waals surface area (Å²) < 4.78 is 11.3. The molecular formula is C17H27NO2. The number of rotatable bonds is 4. The molecule has 1 heterocycles. The molecule has 0 bridgehead atoms. The van der Waals surface area contributed by atoms with Gasteiger partial charge in [0.2, 0.25) is 0 Å². The molecule has 0 unspecified atom stereocenters. The van der Waals surface area contributed by atoms with Crippen molar-refractivity contribution in [1.29, 1.82) is 0 Å². The third kappa shape index (κ3) is 4.22. The van der Waals surface area contributed by atoms with Crippen LogP contribution in [-0.2, 0) is 10.2 Å². The van der Waals surface area contributed by atoms with E-state index in [4.69, 9.17) is 9.47 Å². The highest BCUT2D eigenvalue weighted by Gasteiger charge is 2.15. The molecule has 0 radical (unpaired) electrons. The molecule has 1 aromatic rings. The average Bonchev–Trinajstić information content (AvgIpc) is 2.40. The van der Waals surface area contributed by atoms with E-state index in [-0.39, 0.29) is 5.41 Å². The quantitative estimate of drug-likeness (QED) is 0.844. The maximum atomic E-state index is 5.92. The third-order valence-electron chi connectivity index (χ3n) is 3.81. The number of ether oxygens (including phenoxy) is 2. The molecule has 112 valence electrons. The number of hydrogen-bond donors (Lipinski definition) is 0. The van der Waals surface area contributed by atoms with E-state index < -0.39 is 0 Å². The maximum absolute atomic E-state index is 5.92. The standard InChI is InChI=1S/C17H27NO2/c1-14-13-15(17(2,3)4)5-6-16(14)20-12-9-18-7-10-19-11-8-18/h5-6,13H,7-12H2,1-4H3. The van der Waals surface area contributed by atoms with Gasteiger partial charge in [-0.15, -0.1) is 0 Å². The Balaban J connectivity index is 1.86. The fourth-order valence-corrected chi connectivity index (χ4v) is 2.39. The van der Waals surface area contributed by atoms with Gasteiger partial charge >= 0.3 is 0 Å². The zero-order valence-electron chi connectivity index (χ0n) is 13.2. The van der Waals surface area contributed by atoms with Crippen molar-refractivity contribution in [2.45, 2.75) is 33.1 Å². The Morgan fingerprint density at radius 2 is 1.90 bits per heavy atom. The van der Waals surface area contributed by atoms with E-state index in [0.717, 1.165) is 45.2 Å². The Hall–Kier alpha value is -1.06. The van der Waals surface area contributed by atoms with E-state index in [2.05, 4.69) is 50.8 Å². The Labute approximate surface area is 122 Å². The van der Waals surface area contributed by atoms with Gasteiger partial charge in [0.05, 0.1) is 13.2 Å². The molecule has 0 spiro atoms. The van der Waals surface area contributed by atoms with E-state index in [1.165, 1.54) is 11.1 Å². The van der Waals surface area contributed by atoms with Gasteiger partial charge in [0.25, 0.3) is 0 Å². The van der Waals surface area contributed by atoms with Crippen LogP contribution in [0.2, 0.25) is 0 Å². The summed E-state index contributed by atoms with van der Waals surface area (Å²) >= 11 is 0. The summed E-state index contributed by atoms with van der Waals surface area (Å²) in [6.07, 6.45) is 0. The Bertz CT molecular complexity index is 431.